The zero-order valence-corrected chi connectivity index (χ0v) is 13.0. The van der Waals surface area contributed by atoms with E-state index in [2.05, 4.69) is 0 Å². The van der Waals surface area contributed by atoms with Crippen LogP contribution in [0.4, 0.5) is 0 Å². The van der Waals surface area contributed by atoms with Crippen LogP contribution >= 0.6 is 12.2 Å². The Balaban J connectivity index is 2.72. The first-order valence-corrected chi connectivity index (χ1v) is 8.24. The summed E-state index contributed by atoms with van der Waals surface area (Å²) in [5.41, 5.74) is 5.45. The Morgan fingerprint density at radius 2 is 1.95 bits per heavy atom. The largest absolute Gasteiger partial charge is 0.392 e. The molecule has 0 aromatic carbocycles. The first-order chi connectivity index (χ1) is 8.80. The molecule has 110 valence electrons. The Morgan fingerprint density at radius 3 is 2.37 bits per heavy atom. The molecule has 1 fully saturated rings. The lowest BCUT2D eigenvalue weighted by Crippen LogP contribution is -2.46. The second-order valence-corrected chi connectivity index (χ2v) is 7.38. The molecule has 0 aromatic heterocycles. The number of nitrogens with two attached hydrogens (primary N) is 1. The van der Waals surface area contributed by atoms with Gasteiger partial charge in [-0.15, -0.1) is 0 Å². The summed E-state index contributed by atoms with van der Waals surface area (Å²) < 4.78 is 25.5. The number of carbonyl (C=O) groups excluding carboxylic acids is 1. The van der Waals surface area contributed by atoms with Gasteiger partial charge in [-0.25, -0.2) is 8.42 Å². The predicted molar refractivity (Wildman–Crippen MR) is 78.2 cm³/mol. The van der Waals surface area contributed by atoms with Gasteiger partial charge in [-0.05, 0) is 19.3 Å². The number of hydrogen-bond acceptors (Lipinski definition) is 4. The maximum Gasteiger partial charge on any atom is 0.237 e. The van der Waals surface area contributed by atoms with Crippen LogP contribution in [0, 0.1) is 0 Å². The third-order valence-electron chi connectivity index (χ3n) is 3.30. The number of carbonyl (C=O) groups is 1. The minimum absolute atomic E-state index is 0.0528. The van der Waals surface area contributed by atoms with Crippen LogP contribution in [-0.2, 0) is 14.8 Å². The fourth-order valence-corrected chi connectivity index (χ4v) is 4.09. The van der Waals surface area contributed by atoms with Gasteiger partial charge in [0.2, 0.25) is 15.9 Å². The van der Waals surface area contributed by atoms with Gasteiger partial charge in [0, 0.05) is 20.1 Å². The molecule has 0 saturated carbocycles. The van der Waals surface area contributed by atoms with E-state index in [1.54, 1.807) is 11.8 Å². The Morgan fingerprint density at radius 1 is 1.42 bits per heavy atom. The van der Waals surface area contributed by atoms with Crippen LogP contribution in [-0.4, -0.2) is 60.5 Å². The standard InChI is InChI=1S/C11H21N3O3S2/c1-3-9(11(12)18)19(16,17)13(2)8-10(15)14-6-4-5-7-14/h9H,3-8H2,1-2H3,(H2,12,18). The SMILES string of the molecule is CCC(C(N)=S)S(=O)(=O)N(C)CC(=O)N1CCCC1. The minimum Gasteiger partial charge on any atom is -0.392 e. The van der Waals surface area contributed by atoms with Gasteiger partial charge in [-0.2, -0.15) is 4.31 Å². The lowest BCUT2D eigenvalue weighted by molar-refractivity contribution is -0.130. The van der Waals surface area contributed by atoms with E-state index in [-0.39, 0.29) is 17.4 Å². The van der Waals surface area contributed by atoms with Gasteiger partial charge in [0.05, 0.1) is 11.5 Å². The van der Waals surface area contributed by atoms with Crippen molar-refractivity contribution in [3.8, 4) is 0 Å². The Bertz CT molecular complexity index is 444. The van der Waals surface area contributed by atoms with Crippen molar-refractivity contribution in [1.29, 1.82) is 0 Å². The molecule has 8 heteroatoms. The highest BCUT2D eigenvalue weighted by Crippen LogP contribution is 2.13. The first kappa shape index (κ1) is 16.3. The van der Waals surface area contributed by atoms with Gasteiger partial charge in [0.1, 0.15) is 5.25 Å². The van der Waals surface area contributed by atoms with E-state index in [1.807, 2.05) is 0 Å². The molecule has 0 radical (unpaired) electrons. The Kier molecular flexibility index (Phi) is 5.69. The summed E-state index contributed by atoms with van der Waals surface area (Å²) in [6, 6.07) is 0. The van der Waals surface area contributed by atoms with Crippen molar-refractivity contribution in [2.75, 3.05) is 26.7 Å². The molecule has 0 bridgehead atoms. The molecular formula is C11H21N3O3S2. The summed E-state index contributed by atoms with van der Waals surface area (Å²) in [4.78, 5) is 13.6. The fourth-order valence-electron chi connectivity index (χ4n) is 2.12. The van der Waals surface area contributed by atoms with Gasteiger partial charge in [-0.3, -0.25) is 4.79 Å². The van der Waals surface area contributed by atoms with Crippen molar-refractivity contribution in [3.63, 3.8) is 0 Å². The number of likely N-dealkylation sites (tertiary alicyclic amines) is 1. The summed E-state index contributed by atoms with van der Waals surface area (Å²) in [6.45, 7) is 2.97. The van der Waals surface area contributed by atoms with Crippen molar-refractivity contribution in [2.45, 2.75) is 31.4 Å². The van der Waals surface area contributed by atoms with E-state index in [0.29, 0.717) is 19.5 Å². The van der Waals surface area contributed by atoms with Crippen LogP contribution in [0.2, 0.25) is 0 Å². The Labute approximate surface area is 120 Å². The number of nitrogens with zero attached hydrogens (tertiary/aromatic N) is 2. The summed E-state index contributed by atoms with van der Waals surface area (Å²) in [5, 5.41) is -0.904. The summed E-state index contributed by atoms with van der Waals surface area (Å²) in [7, 11) is -2.26. The van der Waals surface area contributed by atoms with E-state index < -0.39 is 15.3 Å². The van der Waals surface area contributed by atoms with Crippen molar-refractivity contribution in [1.82, 2.24) is 9.21 Å². The molecule has 2 N–H and O–H groups in total. The third kappa shape index (κ3) is 3.87. The number of hydrogen-bond donors (Lipinski definition) is 1. The zero-order valence-electron chi connectivity index (χ0n) is 11.3. The van der Waals surface area contributed by atoms with Crippen molar-refractivity contribution >= 4 is 33.1 Å². The maximum atomic E-state index is 12.2. The van der Waals surface area contributed by atoms with E-state index in [9.17, 15) is 13.2 Å². The summed E-state index contributed by atoms with van der Waals surface area (Å²) in [6.07, 6.45) is 2.26. The molecule has 1 unspecified atom stereocenters. The smallest absolute Gasteiger partial charge is 0.237 e. The molecule has 1 atom stereocenters. The van der Waals surface area contributed by atoms with Crippen LogP contribution in [0.25, 0.3) is 0 Å². The molecule has 0 spiro atoms. The van der Waals surface area contributed by atoms with Gasteiger partial charge in [0.15, 0.2) is 0 Å². The molecule has 6 nitrogen and oxygen atoms in total. The average Bonchev–Trinajstić information content (AvgIpc) is 2.81. The summed E-state index contributed by atoms with van der Waals surface area (Å²) >= 11 is 4.78. The second kappa shape index (κ2) is 6.62. The van der Waals surface area contributed by atoms with E-state index in [1.165, 1.54) is 7.05 Å². The Hall–Kier alpha value is -0.730. The van der Waals surface area contributed by atoms with Gasteiger partial charge in [-0.1, -0.05) is 19.1 Å². The van der Waals surface area contributed by atoms with Crippen molar-refractivity contribution < 1.29 is 13.2 Å². The lowest BCUT2D eigenvalue weighted by Gasteiger charge is -2.24. The molecule has 1 rings (SSSR count). The molecule has 19 heavy (non-hydrogen) atoms. The van der Waals surface area contributed by atoms with Crippen LogP contribution in [0.3, 0.4) is 0 Å². The van der Waals surface area contributed by atoms with Crippen LogP contribution < -0.4 is 5.73 Å². The monoisotopic (exact) mass is 307 g/mol. The van der Waals surface area contributed by atoms with Crippen LogP contribution in [0.5, 0.6) is 0 Å². The topological polar surface area (TPSA) is 83.7 Å². The minimum atomic E-state index is -3.66. The lowest BCUT2D eigenvalue weighted by atomic mass is 10.3. The highest BCUT2D eigenvalue weighted by Gasteiger charge is 2.32. The zero-order chi connectivity index (χ0) is 14.6. The number of sulfonamides is 1. The molecule has 1 aliphatic rings. The molecule has 1 amide bonds. The number of likely N-dealkylation sites (N-methyl/N-ethyl adjacent to an activating group) is 1. The number of thiocarbonyl (C=S) groups is 1. The van der Waals surface area contributed by atoms with E-state index in [0.717, 1.165) is 17.1 Å². The van der Waals surface area contributed by atoms with Crippen molar-refractivity contribution in [3.05, 3.63) is 0 Å². The number of rotatable bonds is 6. The molecule has 1 saturated heterocycles. The van der Waals surface area contributed by atoms with Gasteiger partial charge < -0.3 is 10.6 Å². The molecule has 0 aliphatic carbocycles. The fraction of sp³-hybridized carbons (Fsp3) is 0.818. The third-order valence-corrected chi connectivity index (χ3v) is 6.04. The molecule has 1 aliphatic heterocycles. The van der Waals surface area contributed by atoms with Crippen molar-refractivity contribution in [2.24, 2.45) is 5.73 Å². The average molecular weight is 307 g/mol. The maximum absolute atomic E-state index is 12.2. The highest BCUT2D eigenvalue weighted by atomic mass is 32.2. The van der Waals surface area contributed by atoms with Crippen LogP contribution in [0.15, 0.2) is 0 Å². The molecule has 0 aromatic rings. The highest BCUT2D eigenvalue weighted by molar-refractivity contribution is 7.92. The normalized spacial score (nSPS) is 17.7. The predicted octanol–water partition coefficient (Wildman–Crippen LogP) is -0.0649. The van der Waals surface area contributed by atoms with Crippen LogP contribution in [0.1, 0.15) is 26.2 Å². The van der Waals surface area contributed by atoms with Gasteiger partial charge >= 0.3 is 0 Å². The first-order valence-electron chi connectivity index (χ1n) is 6.33. The summed E-state index contributed by atoms with van der Waals surface area (Å²) in [5.74, 6) is -0.165. The second-order valence-electron chi connectivity index (χ2n) is 4.69. The number of amides is 1. The van der Waals surface area contributed by atoms with E-state index in [4.69, 9.17) is 18.0 Å². The van der Waals surface area contributed by atoms with E-state index >= 15 is 0 Å². The van der Waals surface area contributed by atoms with Gasteiger partial charge in [0.25, 0.3) is 0 Å². The molecular weight excluding hydrogens is 286 g/mol. The quantitative estimate of drug-likeness (QED) is 0.695. The molecule has 1 heterocycles.